The molecule has 172 valence electrons. The number of carbonyl (C=O) groups is 1. The molecule has 1 amide bonds. The lowest BCUT2D eigenvalue weighted by atomic mass is 9.70. The predicted molar refractivity (Wildman–Crippen MR) is 123 cm³/mol. The number of nitrogens with one attached hydrogen (secondary N) is 1. The van der Waals surface area contributed by atoms with Crippen molar-refractivity contribution in [2.75, 3.05) is 32.8 Å². The summed E-state index contributed by atoms with van der Waals surface area (Å²) in [5, 5.41) is 0. The number of benzene rings is 1. The summed E-state index contributed by atoms with van der Waals surface area (Å²) in [5.74, 6) is 1.30. The Morgan fingerprint density at radius 1 is 1.19 bits per heavy atom. The van der Waals surface area contributed by atoms with Crippen molar-refractivity contribution in [1.29, 1.82) is 0 Å². The highest BCUT2D eigenvalue weighted by Gasteiger charge is 2.34. The first kappa shape index (κ1) is 24.0. The maximum absolute atomic E-state index is 12.8. The van der Waals surface area contributed by atoms with Gasteiger partial charge in [0.05, 0.1) is 19.0 Å². The van der Waals surface area contributed by atoms with Crippen molar-refractivity contribution in [2.45, 2.75) is 39.4 Å². The SMILES string of the molecule is CC1=CC(CNS(=O)(=O)Cc2ccccc2)C(C(C)C)CC1CC(=O)N1CCOCC1. The Bertz CT molecular complexity index is 861. The zero-order chi connectivity index (χ0) is 22.4. The number of allylic oxidation sites excluding steroid dienone is 1. The molecule has 1 aliphatic carbocycles. The molecule has 7 heteroatoms. The summed E-state index contributed by atoms with van der Waals surface area (Å²) >= 11 is 0. The summed E-state index contributed by atoms with van der Waals surface area (Å²) in [6.45, 7) is 9.44. The third-order valence-corrected chi connectivity index (χ3v) is 7.93. The molecule has 3 rings (SSSR count). The third kappa shape index (κ3) is 6.89. The number of rotatable bonds is 8. The summed E-state index contributed by atoms with van der Waals surface area (Å²) < 4.78 is 33.4. The van der Waals surface area contributed by atoms with E-state index in [0.717, 1.165) is 12.0 Å². The van der Waals surface area contributed by atoms with Crippen molar-refractivity contribution in [3.8, 4) is 0 Å². The van der Waals surface area contributed by atoms with Crippen molar-refractivity contribution < 1.29 is 17.9 Å². The van der Waals surface area contributed by atoms with Gasteiger partial charge in [0, 0.05) is 26.1 Å². The Hall–Kier alpha value is -1.70. The summed E-state index contributed by atoms with van der Waals surface area (Å²) in [7, 11) is -3.40. The Morgan fingerprint density at radius 3 is 2.52 bits per heavy atom. The molecular formula is C24H36N2O4S. The molecule has 31 heavy (non-hydrogen) atoms. The third-order valence-electron chi connectivity index (χ3n) is 6.61. The smallest absolute Gasteiger partial charge is 0.223 e. The number of carbonyl (C=O) groups excluding carboxylic acids is 1. The Kier molecular flexibility index (Phi) is 8.30. The summed E-state index contributed by atoms with van der Waals surface area (Å²) in [6, 6.07) is 9.25. The van der Waals surface area contributed by atoms with E-state index < -0.39 is 10.0 Å². The predicted octanol–water partition coefficient (Wildman–Crippen LogP) is 3.21. The van der Waals surface area contributed by atoms with Crippen molar-refractivity contribution in [3.63, 3.8) is 0 Å². The average Bonchev–Trinajstić information content (AvgIpc) is 2.74. The Balaban J connectivity index is 1.62. The fourth-order valence-electron chi connectivity index (χ4n) is 4.73. The monoisotopic (exact) mass is 448 g/mol. The maximum Gasteiger partial charge on any atom is 0.223 e. The topological polar surface area (TPSA) is 75.7 Å². The lowest BCUT2D eigenvalue weighted by molar-refractivity contribution is -0.136. The fourth-order valence-corrected chi connectivity index (χ4v) is 5.91. The maximum atomic E-state index is 12.8. The number of hydrogen-bond acceptors (Lipinski definition) is 4. The van der Waals surface area contributed by atoms with Gasteiger partial charge in [-0.15, -0.1) is 0 Å². The van der Waals surface area contributed by atoms with Gasteiger partial charge >= 0.3 is 0 Å². The highest BCUT2D eigenvalue weighted by molar-refractivity contribution is 7.88. The lowest BCUT2D eigenvalue weighted by Crippen LogP contribution is -2.42. The summed E-state index contributed by atoms with van der Waals surface area (Å²) in [5.41, 5.74) is 1.98. The van der Waals surface area contributed by atoms with E-state index >= 15 is 0 Å². The number of amides is 1. The molecule has 1 saturated heterocycles. The molecule has 6 nitrogen and oxygen atoms in total. The molecule has 1 aliphatic heterocycles. The van der Waals surface area contributed by atoms with Crippen LogP contribution in [0.2, 0.25) is 0 Å². The van der Waals surface area contributed by atoms with Crippen LogP contribution in [-0.2, 0) is 25.3 Å². The van der Waals surface area contributed by atoms with Gasteiger partial charge in [0.1, 0.15) is 0 Å². The first-order chi connectivity index (χ1) is 14.7. The second kappa shape index (κ2) is 10.7. The van der Waals surface area contributed by atoms with Crippen molar-refractivity contribution in [1.82, 2.24) is 9.62 Å². The molecule has 3 atom stereocenters. The standard InChI is InChI=1S/C24H36N2O4S/c1-18(2)23-14-21(15-24(27)26-9-11-30-12-10-26)19(3)13-22(23)16-25-31(28,29)17-20-7-5-4-6-8-20/h4-8,13,18,21-23,25H,9-12,14-17H2,1-3H3. The van der Waals surface area contributed by atoms with Gasteiger partial charge in [-0.3, -0.25) is 4.79 Å². The molecule has 0 saturated carbocycles. The molecule has 0 aromatic heterocycles. The van der Waals surface area contributed by atoms with E-state index in [1.807, 2.05) is 35.2 Å². The molecule has 3 unspecified atom stereocenters. The second-order valence-corrected chi connectivity index (χ2v) is 11.0. The zero-order valence-corrected chi connectivity index (χ0v) is 19.7. The largest absolute Gasteiger partial charge is 0.378 e. The van der Waals surface area contributed by atoms with Crippen LogP contribution in [0, 0.1) is 23.7 Å². The van der Waals surface area contributed by atoms with E-state index in [1.165, 1.54) is 5.57 Å². The number of morpholine rings is 1. The van der Waals surface area contributed by atoms with Gasteiger partial charge in [-0.1, -0.05) is 55.8 Å². The van der Waals surface area contributed by atoms with Gasteiger partial charge < -0.3 is 9.64 Å². The van der Waals surface area contributed by atoms with Gasteiger partial charge in [0.15, 0.2) is 0 Å². The lowest BCUT2D eigenvalue weighted by Gasteiger charge is -2.38. The van der Waals surface area contributed by atoms with E-state index in [2.05, 4.69) is 31.6 Å². The Morgan fingerprint density at radius 2 is 1.87 bits per heavy atom. The molecule has 0 radical (unpaired) electrons. The van der Waals surface area contributed by atoms with E-state index in [9.17, 15) is 13.2 Å². The van der Waals surface area contributed by atoms with Crippen LogP contribution >= 0.6 is 0 Å². The van der Waals surface area contributed by atoms with Crippen LogP contribution in [0.4, 0.5) is 0 Å². The van der Waals surface area contributed by atoms with Crippen LogP contribution in [0.25, 0.3) is 0 Å². The van der Waals surface area contributed by atoms with Crippen molar-refractivity contribution >= 4 is 15.9 Å². The van der Waals surface area contributed by atoms with E-state index in [-0.39, 0.29) is 23.5 Å². The number of nitrogens with zero attached hydrogens (tertiary/aromatic N) is 1. The Labute approximate surface area is 187 Å². The van der Waals surface area contributed by atoms with Crippen molar-refractivity contribution in [3.05, 3.63) is 47.5 Å². The van der Waals surface area contributed by atoms with Gasteiger partial charge in [-0.2, -0.15) is 0 Å². The molecule has 0 bridgehead atoms. The van der Waals surface area contributed by atoms with E-state index in [0.29, 0.717) is 51.1 Å². The molecule has 2 aliphatic rings. The molecular weight excluding hydrogens is 412 g/mol. The van der Waals surface area contributed by atoms with Crippen LogP contribution in [0.5, 0.6) is 0 Å². The second-order valence-electron chi connectivity index (χ2n) is 9.21. The van der Waals surface area contributed by atoms with E-state index in [4.69, 9.17) is 4.74 Å². The molecule has 0 spiro atoms. The van der Waals surface area contributed by atoms with Gasteiger partial charge in [0.25, 0.3) is 0 Å². The molecule has 1 aromatic rings. The molecule has 1 fully saturated rings. The zero-order valence-electron chi connectivity index (χ0n) is 18.9. The van der Waals surface area contributed by atoms with Crippen LogP contribution in [-0.4, -0.2) is 52.1 Å². The summed E-state index contributed by atoms with van der Waals surface area (Å²) in [6.07, 6.45) is 3.65. The highest BCUT2D eigenvalue weighted by Crippen LogP contribution is 2.39. The molecule has 1 heterocycles. The van der Waals surface area contributed by atoms with Crippen LogP contribution in [0.3, 0.4) is 0 Å². The normalized spacial score (nSPS) is 24.8. The number of ether oxygens (including phenoxy) is 1. The molecule has 1 N–H and O–H groups in total. The summed E-state index contributed by atoms with van der Waals surface area (Å²) in [4.78, 5) is 14.7. The van der Waals surface area contributed by atoms with Gasteiger partial charge in [-0.05, 0) is 42.6 Å². The average molecular weight is 449 g/mol. The highest BCUT2D eigenvalue weighted by atomic mass is 32.2. The number of hydrogen-bond donors (Lipinski definition) is 1. The van der Waals surface area contributed by atoms with Crippen LogP contribution < -0.4 is 4.72 Å². The van der Waals surface area contributed by atoms with Crippen LogP contribution in [0.1, 0.15) is 39.2 Å². The van der Waals surface area contributed by atoms with Gasteiger partial charge in [0.2, 0.25) is 15.9 Å². The first-order valence-corrected chi connectivity index (χ1v) is 13.0. The van der Waals surface area contributed by atoms with Crippen LogP contribution in [0.15, 0.2) is 42.0 Å². The minimum Gasteiger partial charge on any atom is -0.378 e. The first-order valence-electron chi connectivity index (χ1n) is 11.3. The minimum atomic E-state index is -3.40. The molecule has 1 aromatic carbocycles. The fraction of sp³-hybridized carbons (Fsp3) is 0.625. The number of sulfonamides is 1. The quantitative estimate of drug-likeness (QED) is 0.620. The van der Waals surface area contributed by atoms with Gasteiger partial charge in [-0.25, -0.2) is 13.1 Å². The minimum absolute atomic E-state index is 0.00766. The van der Waals surface area contributed by atoms with E-state index in [1.54, 1.807) is 0 Å². The van der Waals surface area contributed by atoms with Crippen molar-refractivity contribution in [2.24, 2.45) is 23.7 Å².